The van der Waals surface area contributed by atoms with Crippen molar-refractivity contribution in [2.45, 2.75) is 31.4 Å². The van der Waals surface area contributed by atoms with Crippen molar-refractivity contribution < 1.29 is 23.4 Å². The average molecular weight is 360 g/mol. The fourth-order valence-electron chi connectivity index (χ4n) is 3.57. The van der Waals surface area contributed by atoms with Gasteiger partial charge in [0.1, 0.15) is 11.6 Å². The van der Waals surface area contributed by atoms with Crippen LogP contribution in [-0.4, -0.2) is 28.7 Å². The molecular weight excluding hydrogens is 342 g/mol. The molecule has 2 heterocycles. The summed E-state index contributed by atoms with van der Waals surface area (Å²) in [6.45, 7) is 0.628. The van der Waals surface area contributed by atoms with Crippen molar-refractivity contribution in [3.05, 3.63) is 58.9 Å². The summed E-state index contributed by atoms with van der Waals surface area (Å²) in [4.78, 5) is 16.1. The van der Waals surface area contributed by atoms with E-state index < -0.39 is 29.3 Å². The lowest BCUT2D eigenvalue weighted by Gasteiger charge is -2.38. The molecule has 1 fully saturated rings. The van der Waals surface area contributed by atoms with E-state index in [0.717, 1.165) is 29.5 Å². The highest BCUT2D eigenvalue weighted by Gasteiger charge is 2.36. The van der Waals surface area contributed by atoms with E-state index in [9.17, 15) is 18.7 Å². The molecule has 1 saturated carbocycles. The molecule has 1 aliphatic heterocycles. The van der Waals surface area contributed by atoms with E-state index in [4.69, 9.17) is 4.74 Å². The Morgan fingerprint density at radius 2 is 2.12 bits per heavy atom. The third-order valence-corrected chi connectivity index (χ3v) is 5.00. The Kier molecular flexibility index (Phi) is 4.32. The van der Waals surface area contributed by atoms with E-state index in [1.807, 2.05) is 18.2 Å². The number of aliphatic hydroxyl groups is 1. The molecule has 1 unspecified atom stereocenters. The monoisotopic (exact) mass is 360 g/mol. The number of benzene rings is 1. The van der Waals surface area contributed by atoms with Gasteiger partial charge in [0, 0.05) is 12.5 Å². The molecule has 5 nitrogen and oxygen atoms in total. The first-order valence-electron chi connectivity index (χ1n) is 8.57. The van der Waals surface area contributed by atoms with Crippen molar-refractivity contribution in [2.24, 2.45) is 5.92 Å². The number of fused-ring (bicyclic) bond motifs is 1. The van der Waals surface area contributed by atoms with E-state index >= 15 is 0 Å². The van der Waals surface area contributed by atoms with E-state index in [1.54, 1.807) is 0 Å². The predicted octanol–water partition coefficient (Wildman–Crippen LogP) is 2.54. The van der Waals surface area contributed by atoms with Gasteiger partial charge in [0.15, 0.2) is 11.5 Å². The quantitative estimate of drug-likeness (QED) is 0.879. The third-order valence-electron chi connectivity index (χ3n) is 5.00. The molecule has 136 valence electrons. The molecule has 7 heteroatoms. The molecule has 1 aromatic carbocycles. The molecule has 26 heavy (non-hydrogen) atoms. The second-order valence-electron chi connectivity index (χ2n) is 6.79. The van der Waals surface area contributed by atoms with Gasteiger partial charge in [-0.1, -0.05) is 6.07 Å². The summed E-state index contributed by atoms with van der Waals surface area (Å²) >= 11 is 0. The SMILES string of the molecule is O=C(NC(c1ccc2c(c1)CCO2)C1CC(O)C1)c1ncc(F)cc1F. The van der Waals surface area contributed by atoms with Gasteiger partial charge >= 0.3 is 0 Å². The summed E-state index contributed by atoms with van der Waals surface area (Å²) in [6.07, 6.45) is 2.33. The molecule has 2 aliphatic rings. The van der Waals surface area contributed by atoms with Crippen LogP contribution < -0.4 is 10.1 Å². The molecule has 0 spiro atoms. The minimum atomic E-state index is -1.00. The van der Waals surface area contributed by atoms with Gasteiger partial charge in [-0.25, -0.2) is 13.8 Å². The van der Waals surface area contributed by atoms with Crippen molar-refractivity contribution in [3.63, 3.8) is 0 Å². The van der Waals surface area contributed by atoms with Crippen LogP contribution in [0.25, 0.3) is 0 Å². The lowest BCUT2D eigenvalue weighted by molar-refractivity contribution is 0.0234. The van der Waals surface area contributed by atoms with Crippen LogP contribution in [0.1, 0.15) is 40.5 Å². The summed E-state index contributed by atoms with van der Waals surface area (Å²) in [7, 11) is 0. The number of ether oxygens (including phenoxy) is 1. The normalized spacial score (nSPS) is 22.1. The van der Waals surface area contributed by atoms with E-state index in [1.165, 1.54) is 0 Å². The van der Waals surface area contributed by atoms with E-state index in [-0.39, 0.29) is 12.0 Å². The standard InChI is InChI=1S/C19H18F2N2O3/c20-13-8-15(21)18(22-9-13)19(25)23-17(12-6-14(24)7-12)11-1-2-16-10(5-11)3-4-26-16/h1-2,5,8-9,12,14,17,24H,3-4,6-7H2,(H,23,25). The summed E-state index contributed by atoms with van der Waals surface area (Å²) in [5, 5.41) is 12.5. The zero-order chi connectivity index (χ0) is 18.3. The third kappa shape index (κ3) is 3.14. The van der Waals surface area contributed by atoms with Gasteiger partial charge in [-0.2, -0.15) is 0 Å². The Hall–Kier alpha value is -2.54. The van der Waals surface area contributed by atoms with Crippen molar-refractivity contribution in [2.75, 3.05) is 6.61 Å². The molecule has 0 bridgehead atoms. The van der Waals surface area contributed by atoms with Crippen molar-refractivity contribution in [3.8, 4) is 5.75 Å². The maximum Gasteiger partial charge on any atom is 0.273 e. The summed E-state index contributed by atoms with van der Waals surface area (Å²) in [6, 6.07) is 5.96. The number of hydrogen-bond acceptors (Lipinski definition) is 4. The maximum atomic E-state index is 13.9. The largest absolute Gasteiger partial charge is 0.493 e. The van der Waals surface area contributed by atoms with Crippen molar-refractivity contribution >= 4 is 5.91 Å². The summed E-state index contributed by atoms with van der Waals surface area (Å²) in [5.74, 6) is -1.67. The number of carbonyl (C=O) groups excluding carboxylic acids is 1. The van der Waals surface area contributed by atoms with Crippen LogP contribution in [0.15, 0.2) is 30.5 Å². The number of carbonyl (C=O) groups is 1. The van der Waals surface area contributed by atoms with Crippen LogP contribution >= 0.6 is 0 Å². The predicted molar refractivity (Wildman–Crippen MR) is 88.7 cm³/mol. The highest BCUT2D eigenvalue weighted by molar-refractivity contribution is 5.92. The zero-order valence-electron chi connectivity index (χ0n) is 13.9. The number of amides is 1. The topological polar surface area (TPSA) is 71.5 Å². The fraction of sp³-hybridized carbons (Fsp3) is 0.368. The lowest BCUT2D eigenvalue weighted by Crippen LogP contribution is -2.41. The van der Waals surface area contributed by atoms with Crippen LogP contribution in [0, 0.1) is 17.6 Å². The minimum absolute atomic E-state index is 0.0397. The first kappa shape index (κ1) is 16.9. The molecule has 1 amide bonds. The molecule has 2 aromatic rings. The Balaban J connectivity index is 1.60. The molecule has 1 aromatic heterocycles. The van der Waals surface area contributed by atoms with Gasteiger partial charge in [-0.15, -0.1) is 0 Å². The number of halogens is 2. The van der Waals surface area contributed by atoms with Crippen LogP contribution in [-0.2, 0) is 6.42 Å². The minimum Gasteiger partial charge on any atom is -0.493 e. The average Bonchev–Trinajstić information content (AvgIpc) is 3.04. The Labute approximate surface area is 149 Å². The number of nitrogens with one attached hydrogen (secondary N) is 1. The van der Waals surface area contributed by atoms with Crippen LogP contribution in [0.2, 0.25) is 0 Å². The van der Waals surface area contributed by atoms with Gasteiger partial charge < -0.3 is 15.2 Å². The van der Waals surface area contributed by atoms with Gasteiger partial charge in [0.2, 0.25) is 0 Å². The Morgan fingerprint density at radius 3 is 2.85 bits per heavy atom. The van der Waals surface area contributed by atoms with Gasteiger partial charge in [-0.3, -0.25) is 4.79 Å². The number of nitrogens with zero attached hydrogens (tertiary/aromatic N) is 1. The Morgan fingerprint density at radius 1 is 1.31 bits per heavy atom. The van der Waals surface area contributed by atoms with E-state index in [2.05, 4.69) is 10.3 Å². The van der Waals surface area contributed by atoms with E-state index in [0.29, 0.717) is 25.5 Å². The number of aliphatic hydroxyl groups excluding tert-OH is 1. The maximum absolute atomic E-state index is 13.9. The molecule has 0 radical (unpaired) electrons. The van der Waals surface area contributed by atoms with Gasteiger partial charge in [0.05, 0.1) is 24.9 Å². The number of pyridine rings is 1. The van der Waals surface area contributed by atoms with Gasteiger partial charge in [0.25, 0.3) is 5.91 Å². The zero-order valence-corrected chi connectivity index (χ0v) is 13.9. The molecule has 0 saturated heterocycles. The van der Waals surface area contributed by atoms with Crippen LogP contribution in [0.3, 0.4) is 0 Å². The number of hydrogen-bond donors (Lipinski definition) is 2. The highest BCUT2D eigenvalue weighted by Crippen LogP contribution is 2.40. The number of rotatable bonds is 4. The van der Waals surface area contributed by atoms with Crippen molar-refractivity contribution in [1.82, 2.24) is 10.3 Å². The van der Waals surface area contributed by atoms with Crippen LogP contribution in [0.4, 0.5) is 8.78 Å². The lowest BCUT2D eigenvalue weighted by atomic mass is 9.74. The smallest absolute Gasteiger partial charge is 0.273 e. The molecular formula is C19H18F2N2O3. The summed E-state index contributed by atoms with van der Waals surface area (Å²) in [5.41, 5.74) is 1.50. The Bertz CT molecular complexity index is 853. The molecule has 1 aliphatic carbocycles. The first-order chi connectivity index (χ1) is 12.5. The second-order valence-corrected chi connectivity index (χ2v) is 6.79. The fourth-order valence-corrected chi connectivity index (χ4v) is 3.57. The first-order valence-corrected chi connectivity index (χ1v) is 8.57. The van der Waals surface area contributed by atoms with Crippen LogP contribution in [0.5, 0.6) is 5.75 Å². The second kappa shape index (κ2) is 6.64. The van der Waals surface area contributed by atoms with Crippen molar-refractivity contribution in [1.29, 1.82) is 0 Å². The summed E-state index contributed by atoms with van der Waals surface area (Å²) < 4.78 is 32.4. The molecule has 1 atom stereocenters. The van der Waals surface area contributed by atoms with Gasteiger partial charge in [-0.05, 0) is 42.0 Å². The number of aromatic nitrogens is 1. The highest BCUT2D eigenvalue weighted by atomic mass is 19.1. The molecule has 2 N–H and O–H groups in total. The molecule has 4 rings (SSSR count).